The van der Waals surface area contributed by atoms with Crippen LogP contribution in [0.3, 0.4) is 0 Å². The second-order valence-corrected chi connectivity index (χ2v) is 1.52. The third-order valence-corrected chi connectivity index (χ3v) is 0.928. The van der Waals surface area contributed by atoms with Crippen molar-refractivity contribution in [3.05, 3.63) is 0 Å². The molecule has 0 spiro atoms. The highest BCUT2D eigenvalue weighted by molar-refractivity contribution is 4.67. The minimum atomic E-state index is -0.620. The Morgan fingerprint density at radius 1 is 1.67 bits per heavy atom. The molecule has 0 amide bonds. The Balaban J connectivity index is 2.18. The van der Waals surface area contributed by atoms with Crippen LogP contribution in [0.25, 0.3) is 0 Å². The summed E-state index contributed by atoms with van der Waals surface area (Å²) >= 11 is 0. The van der Waals surface area contributed by atoms with E-state index >= 15 is 0 Å². The minimum Gasteiger partial charge on any atom is -0.246 e. The second kappa shape index (κ2) is 1.56. The van der Waals surface area contributed by atoms with Gasteiger partial charge in [0.15, 0.2) is 0 Å². The summed E-state index contributed by atoms with van der Waals surface area (Å²) in [4.78, 5) is 0. The maximum atomic E-state index is 11.8. The molecular formula is C4H7FN. The molecule has 0 aromatic heterocycles. The summed E-state index contributed by atoms with van der Waals surface area (Å²) in [7, 11) is 0. The second-order valence-electron chi connectivity index (χ2n) is 1.52. The van der Waals surface area contributed by atoms with Gasteiger partial charge in [0, 0.05) is 13.1 Å². The number of hydrogen-bond acceptors (Lipinski definition) is 0. The van der Waals surface area contributed by atoms with Gasteiger partial charge in [-0.05, 0) is 6.42 Å². The number of halogens is 1. The van der Waals surface area contributed by atoms with Crippen LogP contribution >= 0.6 is 0 Å². The highest BCUT2D eigenvalue weighted by Gasteiger charge is 2.11. The third kappa shape index (κ3) is 0.684. The van der Waals surface area contributed by atoms with Gasteiger partial charge in [-0.15, -0.1) is 0 Å². The topological polar surface area (TPSA) is 14.1 Å². The normalized spacial score (nSPS) is 34.5. The van der Waals surface area contributed by atoms with E-state index < -0.39 is 6.17 Å². The quantitative estimate of drug-likeness (QED) is 0.405. The van der Waals surface area contributed by atoms with Crippen LogP contribution in [-0.2, 0) is 0 Å². The van der Waals surface area contributed by atoms with E-state index in [0.717, 1.165) is 6.54 Å². The van der Waals surface area contributed by atoms with E-state index in [4.69, 9.17) is 0 Å². The summed E-state index contributed by atoms with van der Waals surface area (Å²) in [6.07, 6.45) is 0.0324. The van der Waals surface area contributed by atoms with Crippen LogP contribution in [-0.4, -0.2) is 19.3 Å². The number of alkyl halides is 1. The maximum absolute atomic E-state index is 11.8. The standard InChI is InChI=1S/C4H7FN/c5-4-1-2-6-3-4/h4H,1-3H2/t4-/m0/s1. The molecule has 6 heavy (non-hydrogen) atoms. The van der Waals surface area contributed by atoms with E-state index in [2.05, 4.69) is 5.32 Å². The van der Waals surface area contributed by atoms with E-state index in [0.29, 0.717) is 13.0 Å². The molecule has 0 saturated carbocycles. The van der Waals surface area contributed by atoms with Crippen molar-refractivity contribution < 1.29 is 4.39 Å². The lowest BCUT2D eigenvalue weighted by atomic mass is 10.4. The minimum absolute atomic E-state index is 0.444. The largest absolute Gasteiger partial charge is 0.246 e. The molecule has 1 rings (SSSR count). The zero-order valence-electron chi connectivity index (χ0n) is 3.52. The smallest absolute Gasteiger partial charge is 0.115 e. The van der Waals surface area contributed by atoms with Gasteiger partial charge in [0.05, 0.1) is 0 Å². The van der Waals surface area contributed by atoms with Crippen molar-refractivity contribution in [3.63, 3.8) is 0 Å². The number of rotatable bonds is 0. The molecule has 0 unspecified atom stereocenters. The van der Waals surface area contributed by atoms with E-state index in [9.17, 15) is 4.39 Å². The van der Waals surface area contributed by atoms with Crippen LogP contribution in [0.15, 0.2) is 0 Å². The Kier molecular flexibility index (Phi) is 1.05. The zero-order chi connectivity index (χ0) is 4.41. The first-order chi connectivity index (χ1) is 2.89. The fraction of sp³-hybridized carbons (Fsp3) is 1.00. The fourth-order valence-corrected chi connectivity index (χ4v) is 0.554. The molecule has 1 saturated heterocycles. The molecule has 1 nitrogen and oxygen atoms in total. The van der Waals surface area contributed by atoms with E-state index in [-0.39, 0.29) is 0 Å². The van der Waals surface area contributed by atoms with Crippen LogP contribution in [0, 0.1) is 0 Å². The molecule has 1 fully saturated rings. The lowest BCUT2D eigenvalue weighted by Gasteiger charge is -1.85. The first-order valence-electron chi connectivity index (χ1n) is 2.17. The van der Waals surface area contributed by atoms with Gasteiger partial charge >= 0.3 is 0 Å². The van der Waals surface area contributed by atoms with E-state index in [1.807, 2.05) is 0 Å². The van der Waals surface area contributed by atoms with Gasteiger partial charge in [0.1, 0.15) is 6.17 Å². The first-order valence-corrected chi connectivity index (χ1v) is 2.17. The molecule has 1 aliphatic heterocycles. The third-order valence-electron chi connectivity index (χ3n) is 0.928. The Morgan fingerprint density at radius 2 is 2.50 bits per heavy atom. The van der Waals surface area contributed by atoms with Gasteiger partial charge in [-0.3, -0.25) is 0 Å². The molecule has 0 aromatic carbocycles. The predicted molar refractivity (Wildman–Crippen MR) is 21.4 cm³/mol. The van der Waals surface area contributed by atoms with Crippen molar-refractivity contribution in [2.75, 3.05) is 13.1 Å². The summed E-state index contributed by atoms with van der Waals surface area (Å²) in [5, 5.41) is 3.79. The van der Waals surface area contributed by atoms with Crippen molar-refractivity contribution >= 4 is 0 Å². The summed E-state index contributed by atoms with van der Waals surface area (Å²) in [5.41, 5.74) is 0. The van der Waals surface area contributed by atoms with Crippen LogP contribution < -0.4 is 5.32 Å². The zero-order valence-corrected chi connectivity index (χ0v) is 3.52. The SMILES string of the molecule is F[C@H]1CC[N]C1. The van der Waals surface area contributed by atoms with E-state index in [1.165, 1.54) is 0 Å². The monoisotopic (exact) mass is 88.1 g/mol. The van der Waals surface area contributed by atoms with Gasteiger partial charge in [0.2, 0.25) is 0 Å². The Morgan fingerprint density at radius 3 is 2.67 bits per heavy atom. The fourth-order valence-electron chi connectivity index (χ4n) is 0.554. The molecule has 0 bridgehead atoms. The van der Waals surface area contributed by atoms with Gasteiger partial charge in [0.25, 0.3) is 0 Å². The van der Waals surface area contributed by atoms with E-state index in [1.54, 1.807) is 0 Å². The summed E-state index contributed by atoms with van der Waals surface area (Å²) < 4.78 is 11.8. The lowest BCUT2D eigenvalue weighted by Crippen LogP contribution is -2.00. The van der Waals surface area contributed by atoms with Crippen LogP contribution in [0.4, 0.5) is 4.39 Å². The molecule has 2 heteroatoms. The Bertz CT molecular complexity index is 40.8. The number of nitrogens with zero attached hydrogens (tertiary/aromatic N) is 1. The van der Waals surface area contributed by atoms with Gasteiger partial charge in [-0.1, -0.05) is 0 Å². The van der Waals surface area contributed by atoms with Gasteiger partial charge in [-0.25, -0.2) is 9.71 Å². The first kappa shape index (κ1) is 4.06. The molecule has 1 atom stereocenters. The number of hydrogen-bond donors (Lipinski definition) is 0. The Hall–Kier alpha value is -0.110. The molecule has 0 aliphatic carbocycles. The Labute approximate surface area is 36.5 Å². The molecule has 1 aliphatic rings. The van der Waals surface area contributed by atoms with Crippen molar-refractivity contribution in [1.29, 1.82) is 0 Å². The highest BCUT2D eigenvalue weighted by Crippen LogP contribution is 2.01. The maximum Gasteiger partial charge on any atom is 0.115 e. The average molecular weight is 88.1 g/mol. The predicted octanol–water partition coefficient (Wildman–Crippen LogP) is 0.333. The van der Waals surface area contributed by atoms with Crippen LogP contribution in [0.1, 0.15) is 6.42 Å². The van der Waals surface area contributed by atoms with Gasteiger partial charge < -0.3 is 0 Å². The lowest BCUT2D eigenvalue weighted by molar-refractivity contribution is 0.361. The summed E-state index contributed by atoms with van der Waals surface area (Å²) in [6, 6.07) is 0. The van der Waals surface area contributed by atoms with Crippen molar-refractivity contribution in [2.24, 2.45) is 0 Å². The highest BCUT2D eigenvalue weighted by atomic mass is 19.1. The molecule has 1 heterocycles. The molecule has 35 valence electrons. The van der Waals surface area contributed by atoms with Crippen LogP contribution in [0.5, 0.6) is 0 Å². The van der Waals surface area contributed by atoms with Crippen molar-refractivity contribution in [3.8, 4) is 0 Å². The van der Waals surface area contributed by atoms with Crippen LogP contribution in [0.2, 0.25) is 0 Å². The summed E-state index contributed by atoms with van der Waals surface area (Å²) in [5.74, 6) is 0. The summed E-state index contributed by atoms with van der Waals surface area (Å²) in [6.45, 7) is 1.18. The van der Waals surface area contributed by atoms with Gasteiger partial charge in [-0.2, -0.15) is 0 Å². The molecular weight excluding hydrogens is 81.0 g/mol. The molecule has 0 N–H and O–H groups in total. The average Bonchev–Trinajstić information content (AvgIpc) is 1.86. The van der Waals surface area contributed by atoms with Crippen molar-refractivity contribution in [1.82, 2.24) is 5.32 Å². The molecule has 1 radical (unpaired) electrons. The molecule has 0 aromatic rings. The van der Waals surface area contributed by atoms with Crippen molar-refractivity contribution in [2.45, 2.75) is 12.6 Å².